The summed E-state index contributed by atoms with van der Waals surface area (Å²) in [7, 11) is 0. The van der Waals surface area contributed by atoms with Crippen molar-refractivity contribution in [2.45, 2.75) is 72.4 Å². The van der Waals surface area contributed by atoms with Crippen LogP contribution in [0.1, 0.15) is 63.4 Å². The molecule has 1 aromatic heterocycles. The van der Waals surface area contributed by atoms with E-state index < -0.39 is 0 Å². The molecule has 1 fully saturated rings. The molecule has 21 heavy (non-hydrogen) atoms. The fourth-order valence-corrected chi connectivity index (χ4v) is 4.19. The number of aryl methyl sites for hydroxylation is 1. The second-order valence-corrected chi connectivity index (χ2v) is 7.72. The quantitative estimate of drug-likeness (QED) is 0.811. The van der Waals surface area contributed by atoms with Gasteiger partial charge in [0.15, 0.2) is 5.13 Å². The van der Waals surface area contributed by atoms with Crippen molar-refractivity contribution in [3.8, 4) is 0 Å². The van der Waals surface area contributed by atoms with Crippen LogP contribution in [0.5, 0.6) is 0 Å². The third kappa shape index (κ3) is 4.68. The van der Waals surface area contributed by atoms with E-state index in [-0.39, 0.29) is 0 Å². The number of nitrogens with zero attached hydrogens (tertiary/aromatic N) is 2. The molecule has 1 atom stereocenters. The van der Waals surface area contributed by atoms with Crippen LogP contribution in [0.15, 0.2) is 0 Å². The van der Waals surface area contributed by atoms with Gasteiger partial charge < -0.3 is 10.2 Å². The fourth-order valence-electron chi connectivity index (χ4n) is 3.06. The van der Waals surface area contributed by atoms with E-state index in [1.807, 2.05) is 11.3 Å². The van der Waals surface area contributed by atoms with E-state index in [4.69, 9.17) is 4.98 Å². The fraction of sp³-hybridized carbons (Fsp3) is 0.824. The van der Waals surface area contributed by atoms with Gasteiger partial charge in [-0.1, -0.05) is 27.2 Å². The van der Waals surface area contributed by atoms with E-state index in [1.54, 1.807) is 0 Å². The standard InChI is InChI=1S/C17H31N3S/c1-5-8-15-9-6-7-10-20(15)17-19-14(4)16(21-17)12-18-11-13(2)3/h13,15,18H,5-12H2,1-4H3. The Hall–Kier alpha value is -0.610. The van der Waals surface area contributed by atoms with Gasteiger partial charge in [-0.15, -0.1) is 11.3 Å². The number of piperidine rings is 1. The highest BCUT2D eigenvalue weighted by Crippen LogP contribution is 2.32. The predicted octanol–water partition coefficient (Wildman–Crippen LogP) is 4.36. The molecule has 4 heteroatoms. The topological polar surface area (TPSA) is 28.2 Å². The summed E-state index contributed by atoms with van der Waals surface area (Å²) in [5.41, 5.74) is 1.21. The maximum absolute atomic E-state index is 4.87. The molecule has 120 valence electrons. The van der Waals surface area contributed by atoms with Gasteiger partial charge in [-0.25, -0.2) is 4.98 Å². The minimum atomic E-state index is 0.703. The van der Waals surface area contributed by atoms with Gasteiger partial charge >= 0.3 is 0 Å². The Balaban J connectivity index is 2.02. The number of thiazole rings is 1. The zero-order valence-electron chi connectivity index (χ0n) is 14.1. The Morgan fingerprint density at radius 1 is 1.38 bits per heavy atom. The summed E-state index contributed by atoms with van der Waals surface area (Å²) in [6.07, 6.45) is 6.62. The first-order valence-electron chi connectivity index (χ1n) is 8.55. The van der Waals surface area contributed by atoms with E-state index in [1.165, 1.54) is 54.4 Å². The Kier molecular flexibility index (Phi) is 6.49. The zero-order valence-corrected chi connectivity index (χ0v) is 14.9. The van der Waals surface area contributed by atoms with Crippen molar-refractivity contribution < 1.29 is 0 Å². The van der Waals surface area contributed by atoms with Crippen LogP contribution in [0, 0.1) is 12.8 Å². The van der Waals surface area contributed by atoms with Crippen LogP contribution in [-0.4, -0.2) is 24.1 Å². The van der Waals surface area contributed by atoms with Crippen molar-refractivity contribution in [3.05, 3.63) is 10.6 Å². The number of rotatable bonds is 7. The van der Waals surface area contributed by atoms with E-state index in [2.05, 4.69) is 37.9 Å². The molecule has 1 N–H and O–H groups in total. The molecule has 2 rings (SSSR count). The maximum atomic E-state index is 4.87. The summed E-state index contributed by atoms with van der Waals surface area (Å²) >= 11 is 1.90. The highest BCUT2D eigenvalue weighted by Gasteiger charge is 2.24. The minimum Gasteiger partial charge on any atom is -0.345 e. The Bertz CT molecular complexity index is 426. The van der Waals surface area contributed by atoms with Crippen LogP contribution in [0.4, 0.5) is 5.13 Å². The number of anilines is 1. The van der Waals surface area contributed by atoms with Gasteiger partial charge in [-0.2, -0.15) is 0 Å². The molecule has 1 aromatic rings. The lowest BCUT2D eigenvalue weighted by atomic mass is 9.99. The molecule has 0 radical (unpaired) electrons. The van der Waals surface area contributed by atoms with Crippen LogP contribution in [0.25, 0.3) is 0 Å². The summed E-state index contributed by atoms with van der Waals surface area (Å²) in [5.74, 6) is 0.703. The largest absolute Gasteiger partial charge is 0.345 e. The monoisotopic (exact) mass is 309 g/mol. The van der Waals surface area contributed by atoms with Gasteiger partial charge in [0.25, 0.3) is 0 Å². The molecule has 0 spiro atoms. The van der Waals surface area contributed by atoms with Crippen molar-refractivity contribution in [2.24, 2.45) is 5.92 Å². The lowest BCUT2D eigenvalue weighted by molar-refractivity contribution is 0.434. The van der Waals surface area contributed by atoms with E-state index in [0.29, 0.717) is 12.0 Å². The maximum Gasteiger partial charge on any atom is 0.186 e. The lowest BCUT2D eigenvalue weighted by Crippen LogP contribution is -2.39. The summed E-state index contributed by atoms with van der Waals surface area (Å²) in [6.45, 7) is 12.2. The second kappa shape index (κ2) is 8.14. The molecular formula is C17H31N3S. The van der Waals surface area contributed by atoms with Crippen LogP contribution in [-0.2, 0) is 6.54 Å². The third-order valence-corrected chi connectivity index (χ3v) is 5.41. The normalized spacial score (nSPS) is 19.5. The average Bonchev–Trinajstić information content (AvgIpc) is 2.81. The van der Waals surface area contributed by atoms with Crippen molar-refractivity contribution in [1.82, 2.24) is 10.3 Å². The van der Waals surface area contributed by atoms with Crippen LogP contribution in [0.2, 0.25) is 0 Å². The van der Waals surface area contributed by atoms with Crippen molar-refractivity contribution in [2.75, 3.05) is 18.0 Å². The first kappa shape index (κ1) is 16.8. The summed E-state index contributed by atoms with van der Waals surface area (Å²) in [5, 5.41) is 4.80. The second-order valence-electron chi connectivity index (χ2n) is 6.66. The zero-order chi connectivity index (χ0) is 15.2. The Morgan fingerprint density at radius 2 is 2.19 bits per heavy atom. The average molecular weight is 310 g/mol. The van der Waals surface area contributed by atoms with Crippen molar-refractivity contribution >= 4 is 16.5 Å². The summed E-state index contributed by atoms with van der Waals surface area (Å²) < 4.78 is 0. The Labute approximate surface area is 134 Å². The SMILES string of the molecule is CCCC1CCCCN1c1nc(C)c(CNCC(C)C)s1. The highest BCUT2D eigenvalue weighted by molar-refractivity contribution is 7.15. The molecule has 1 aliphatic heterocycles. The Morgan fingerprint density at radius 3 is 2.90 bits per heavy atom. The van der Waals surface area contributed by atoms with Gasteiger partial charge in [-0.3, -0.25) is 0 Å². The number of aromatic nitrogens is 1. The van der Waals surface area contributed by atoms with Crippen molar-refractivity contribution in [1.29, 1.82) is 0 Å². The van der Waals surface area contributed by atoms with E-state index >= 15 is 0 Å². The first-order valence-corrected chi connectivity index (χ1v) is 9.37. The first-order chi connectivity index (χ1) is 10.1. The molecule has 2 heterocycles. The van der Waals surface area contributed by atoms with E-state index in [0.717, 1.165) is 13.1 Å². The summed E-state index contributed by atoms with van der Waals surface area (Å²) in [6, 6.07) is 0.714. The molecular weight excluding hydrogens is 278 g/mol. The molecule has 1 saturated heterocycles. The predicted molar refractivity (Wildman–Crippen MR) is 93.3 cm³/mol. The molecule has 1 aliphatic rings. The third-order valence-electron chi connectivity index (χ3n) is 4.21. The molecule has 3 nitrogen and oxygen atoms in total. The van der Waals surface area contributed by atoms with Gasteiger partial charge in [-0.05, 0) is 45.1 Å². The van der Waals surface area contributed by atoms with Gasteiger partial charge in [0.05, 0.1) is 5.69 Å². The van der Waals surface area contributed by atoms with Gasteiger partial charge in [0.1, 0.15) is 0 Å². The van der Waals surface area contributed by atoms with Crippen LogP contribution in [0.3, 0.4) is 0 Å². The smallest absolute Gasteiger partial charge is 0.186 e. The molecule has 0 amide bonds. The van der Waals surface area contributed by atoms with E-state index in [9.17, 15) is 0 Å². The number of nitrogens with one attached hydrogen (secondary N) is 1. The molecule has 0 saturated carbocycles. The molecule has 1 unspecified atom stereocenters. The molecule has 0 aliphatic carbocycles. The molecule has 0 aromatic carbocycles. The number of hydrogen-bond donors (Lipinski definition) is 1. The number of hydrogen-bond acceptors (Lipinski definition) is 4. The highest BCUT2D eigenvalue weighted by atomic mass is 32.1. The summed E-state index contributed by atoms with van der Waals surface area (Å²) in [4.78, 5) is 8.86. The lowest BCUT2D eigenvalue weighted by Gasteiger charge is -2.35. The molecule has 0 bridgehead atoms. The minimum absolute atomic E-state index is 0.703. The van der Waals surface area contributed by atoms with Gasteiger partial charge in [0.2, 0.25) is 0 Å². The van der Waals surface area contributed by atoms with Gasteiger partial charge in [0, 0.05) is 24.0 Å². The van der Waals surface area contributed by atoms with Crippen LogP contribution >= 0.6 is 11.3 Å². The van der Waals surface area contributed by atoms with Crippen molar-refractivity contribution in [3.63, 3.8) is 0 Å². The van der Waals surface area contributed by atoms with Crippen LogP contribution < -0.4 is 10.2 Å².